The summed E-state index contributed by atoms with van der Waals surface area (Å²) in [6.07, 6.45) is 1.44. The average molecular weight is 281 g/mol. The van der Waals surface area contributed by atoms with E-state index in [1.807, 2.05) is 0 Å². The number of nitrogens with zero attached hydrogens (tertiary/aromatic N) is 2. The lowest BCUT2D eigenvalue weighted by molar-refractivity contribution is 0.103. The number of aryl methyl sites for hydroxylation is 1. The molecule has 0 spiro atoms. The number of ketones is 1. The molecular weight excluding hydrogens is 268 g/mol. The first-order valence-electron chi connectivity index (χ1n) is 5.52. The maximum absolute atomic E-state index is 12.4. The number of ether oxygens (including phenoxy) is 2. The summed E-state index contributed by atoms with van der Waals surface area (Å²) in [5.74, 6) is 0.841. The molecule has 2 rings (SSSR count). The lowest BCUT2D eigenvalue weighted by Crippen LogP contribution is -2.09. The van der Waals surface area contributed by atoms with Gasteiger partial charge in [0.2, 0.25) is 5.78 Å². The van der Waals surface area contributed by atoms with Crippen LogP contribution < -0.4 is 9.47 Å². The molecule has 0 amide bonds. The second-order valence-electron chi connectivity index (χ2n) is 3.86. The van der Waals surface area contributed by atoms with E-state index in [0.717, 1.165) is 0 Å². The predicted molar refractivity (Wildman–Crippen MR) is 71.2 cm³/mol. The summed E-state index contributed by atoms with van der Waals surface area (Å²) in [6, 6.07) is 4.95. The highest BCUT2D eigenvalue weighted by Crippen LogP contribution is 2.29. The molecule has 0 N–H and O–H groups in total. The van der Waals surface area contributed by atoms with Crippen LogP contribution in [0.3, 0.4) is 0 Å². The summed E-state index contributed by atoms with van der Waals surface area (Å²) in [5.41, 5.74) is 0.803. The Morgan fingerprint density at radius 1 is 1.26 bits per heavy atom. The van der Waals surface area contributed by atoms with Gasteiger partial charge in [-0.3, -0.25) is 9.48 Å². The zero-order valence-electron chi connectivity index (χ0n) is 10.8. The molecule has 0 saturated heterocycles. The molecule has 2 aromatic rings. The summed E-state index contributed by atoms with van der Waals surface area (Å²) >= 11 is 5.96. The predicted octanol–water partition coefficient (Wildman–Crippen LogP) is 2.32. The van der Waals surface area contributed by atoms with E-state index in [1.54, 1.807) is 25.2 Å². The van der Waals surface area contributed by atoms with Crippen LogP contribution in [0.5, 0.6) is 11.5 Å². The maximum atomic E-state index is 12.4. The van der Waals surface area contributed by atoms with Crippen molar-refractivity contribution in [2.75, 3.05) is 14.2 Å². The lowest BCUT2D eigenvalue weighted by atomic mass is 10.1. The third-order valence-corrected chi connectivity index (χ3v) is 3.03. The standard InChI is InChI=1S/C13H13ClN2O3/c1-16-12(9(14)7-15-16)13(17)8-4-5-10(18-2)11(6-8)19-3/h4-7H,1-3H3. The van der Waals surface area contributed by atoms with Gasteiger partial charge in [0.15, 0.2) is 11.5 Å². The van der Waals surface area contributed by atoms with Gasteiger partial charge in [0.1, 0.15) is 5.69 Å². The van der Waals surface area contributed by atoms with Crippen molar-refractivity contribution in [3.8, 4) is 11.5 Å². The van der Waals surface area contributed by atoms with E-state index in [1.165, 1.54) is 25.1 Å². The minimum Gasteiger partial charge on any atom is -0.493 e. The fourth-order valence-electron chi connectivity index (χ4n) is 1.78. The van der Waals surface area contributed by atoms with Gasteiger partial charge in [-0.1, -0.05) is 11.6 Å². The van der Waals surface area contributed by atoms with Gasteiger partial charge in [-0.25, -0.2) is 0 Å². The Bertz CT molecular complexity index is 603. The molecule has 5 nitrogen and oxygen atoms in total. The van der Waals surface area contributed by atoms with Crippen LogP contribution in [0.2, 0.25) is 5.02 Å². The first-order chi connectivity index (χ1) is 9.08. The van der Waals surface area contributed by atoms with Crippen LogP contribution in [0.25, 0.3) is 0 Å². The van der Waals surface area contributed by atoms with Crippen molar-refractivity contribution in [1.82, 2.24) is 9.78 Å². The molecule has 6 heteroatoms. The van der Waals surface area contributed by atoms with E-state index < -0.39 is 0 Å². The lowest BCUT2D eigenvalue weighted by Gasteiger charge is -2.09. The van der Waals surface area contributed by atoms with Gasteiger partial charge in [0.25, 0.3) is 0 Å². The van der Waals surface area contributed by atoms with Gasteiger partial charge >= 0.3 is 0 Å². The Morgan fingerprint density at radius 2 is 1.95 bits per heavy atom. The highest BCUT2D eigenvalue weighted by molar-refractivity contribution is 6.34. The Hall–Kier alpha value is -2.01. The number of carbonyl (C=O) groups is 1. The van der Waals surface area contributed by atoms with Gasteiger partial charge < -0.3 is 9.47 Å². The normalized spacial score (nSPS) is 10.3. The van der Waals surface area contributed by atoms with E-state index >= 15 is 0 Å². The second-order valence-corrected chi connectivity index (χ2v) is 4.27. The summed E-state index contributed by atoms with van der Waals surface area (Å²) in [7, 11) is 4.72. The van der Waals surface area contributed by atoms with E-state index in [0.29, 0.717) is 27.8 Å². The SMILES string of the molecule is COc1ccc(C(=O)c2c(Cl)cnn2C)cc1OC. The second kappa shape index (κ2) is 5.32. The average Bonchev–Trinajstić information content (AvgIpc) is 2.76. The van der Waals surface area contributed by atoms with Crippen LogP contribution >= 0.6 is 11.6 Å². The van der Waals surface area contributed by atoms with Gasteiger partial charge in [0.05, 0.1) is 25.4 Å². The van der Waals surface area contributed by atoms with Crippen LogP contribution in [0.15, 0.2) is 24.4 Å². The molecule has 100 valence electrons. The zero-order chi connectivity index (χ0) is 14.0. The van der Waals surface area contributed by atoms with Crippen LogP contribution in [0, 0.1) is 0 Å². The molecule has 0 unspecified atom stereocenters. The molecule has 0 aliphatic rings. The largest absolute Gasteiger partial charge is 0.493 e. The number of hydrogen-bond donors (Lipinski definition) is 0. The Labute approximate surface area is 115 Å². The minimum atomic E-state index is -0.217. The highest BCUT2D eigenvalue weighted by atomic mass is 35.5. The van der Waals surface area contributed by atoms with Gasteiger partial charge in [-0.05, 0) is 18.2 Å². The number of benzene rings is 1. The highest BCUT2D eigenvalue weighted by Gasteiger charge is 2.19. The first kappa shape index (κ1) is 13.4. The van der Waals surface area contributed by atoms with E-state index in [4.69, 9.17) is 21.1 Å². The van der Waals surface area contributed by atoms with Gasteiger partial charge in [-0.2, -0.15) is 5.10 Å². The van der Waals surface area contributed by atoms with E-state index in [2.05, 4.69) is 5.10 Å². The molecular formula is C13H13ClN2O3. The quantitative estimate of drug-likeness (QED) is 0.807. The topological polar surface area (TPSA) is 53.3 Å². The molecule has 0 fully saturated rings. The molecule has 0 bridgehead atoms. The monoisotopic (exact) mass is 280 g/mol. The van der Waals surface area contributed by atoms with E-state index in [-0.39, 0.29) is 5.78 Å². The van der Waals surface area contributed by atoms with Crippen molar-refractivity contribution >= 4 is 17.4 Å². The zero-order valence-corrected chi connectivity index (χ0v) is 11.6. The third kappa shape index (κ3) is 2.42. The number of rotatable bonds is 4. The van der Waals surface area contributed by atoms with Crippen LogP contribution in [0.1, 0.15) is 16.1 Å². The summed E-state index contributed by atoms with van der Waals surface area (Å²) in [4.78, 5) is 12.4. The molecule has 19 heavy (non-hydrogen) atoms. The number of halogens is 1. The summed E-state index contributed by atoms with van der Waals surface area (Å²) in [6.45, 7) is 0. The smallest absolute Gasteiger partial charge is 0.212 e. The molecule has 1 aromatic carbocycles. The molecule has 0 aliphatic heterocycles. The minimum absolute atomic E-state index is 0.217. The van der Waals surface area contributed by atoms with Gasteiger partial charge in [0, 0.05) is 12.6 Å². The van der Waals surface area contributed by atoms with Crippen molar-refractivity contribution in [2.45, 2.75) is 0 Å². The number of carbonyl (C=O) groups excluding carboxylic acids is 1. The van der Waals surface area contributed by atoms with E-state index in [9.17, 15) is 4.79 Å². The summed E-state index contributed by atoms with van der Waals surface area (Å²) < 4.78 is 11.7. The first-order valence-corrected chi connectivity index (χ1v) is 5.90. The Morgan fingerprint density at radius 3 is 2.47 bits per heavy atom. The molecule has 0 radical (unpaired) electrons. The Balaban J connectivity index is 2.45. The number of aromatic nitrogens is 2. The molecule has 0 aliphatic carbocycles. The van der Waals surface area contributed by atoms with Crippen molar-refractivity contribution in [3.05, 3.63) is 40.7 Å². The van der Waals surface area contributed by atoms with Crippen molar-refractivity contribution in [2.24, 2.45) is 7.05 Å². The van der Waals surface area contributed by atoms with Crippen LogP contribution in [0.4, 0.5) is 0 Å². The number of hydrogen-bond acceptors (Lipinski definition) is 4. The van der Waals surface area contributed by atoms with Crippen molar-refractivity contribution < 1.29 is 14.3 Å². The molecule has 0 saturated carbocycles. The fraction of sp³-hybridized carbons (Fsp3) is 0.231. The fourth-order valence-corrected chi connectivity index (χ4v) is 2.03. The summed E-state index contributed by atoms with van der Waals surface area (Å²) in [5, 5.41) is 4.27. The maximum Gasteiger partial charge on any atom is 0.212 e. The molecule has 1 heterocycles. The van der Waals surface area contributed by atoms with Crippen LogP contribution in [-0.4, -0.2) is 29.8 Å². The molecule has 1 aromatic heterocycles. The molecule has 0 atom stereocenters. The van der Waals surface area contributed by atoms with Gasteiger partial charge in [-0.15, -0.1) is 0 Å². The number of methoxy groups -OCH3 is 2. The third-order valence-electron chi connectivity index (χ3n) is 2.75. The van der Waals surface area contributed by atoms with Crippen molar-refractivity contribution in [3.63, 3.8) is 0 Å². The Kier molecular flexibility index (Phi) is 3.76. The van der Waals surface area contributed by atoms with Crippen molar-refractivity contribution in [1.29, 1.82) is 0 Å². The van der Waals surface area contributed by atoms with Crippen LogP contribution in [-0.2, 0) is 7.05 Å².